The Morgan fingerprint density at radius 2 is 1.82 bits per heavy atom. The van der Waals surface area contributed by atoms with Crippen LogP contribution < -0.4 is 10.6 Å². The first-order valence-corrected chi connectivity index (χ1v) is 14.9. The highest BCUT2D eigenvalue weighted by molar-refractivity contribution is 8.26. The summed E-state index contributed by atoms with van der Waals surface area (Å²) in [5, 5.41) is 25.8. The van der Waals surface area contributed by atoms with Crippen LogP contribution in [0.25, 0.3) is 17.2 Å². The van der Waals surface area contributed by atoms with E-state index in [-0.39, 0.29) is 27.0 Å². The Kier molecular flexibility index (Phi) is 9.71. The Bertz CT molecular complexity index is 1700. The number of aromatic hydroxyl groups is 1. The number of nitrogens with zero attached hydrogens (tertiary/aromatic N) is 1. The molecule has 1 atom stereocenters. The fourth-order valence-electron chi connectivity index (χ4n) is 3.89. The van der Waals surface area contributed by atoms with Crippen molar-refractivity contribution in [1.29, 1.82) is 0 Å². The Balaban J connectivity index is 1.54. The maximum Gasteiger partial charge on any atom is 0.408 e. The number of hydrogen-bond acceptors (Lipinski definition) is 9. The van der Waals surface area contributed by atoms with Crippen molar-refractivity contribution in [1.82, 2.24) is 10.2 Å². The predicted octanol–water partition coefficient (Wildman–Crippen LogP) is 5.83. The molecular weight excluding hydrogens is 637 g/mol. The monoisotopic (exact) mass is 661 g/mol. The van der Waals surface area contributed by atoms with Crippen molar-refractivity contribution in [3.05, 3.63) is 74.8 Å². The average Bonchev–Trinajstić information content (AvgIpc) is 3.48. The number of carboxylic acid groups (broad SMARTS) is 1. The van der Waals surface area contributed by atoms with Crippen LogP contribution in [-0.4, -0.2) is 61.5 Å². The van der Waals surface area contributed by atoms with Crippen LogP contribution in [0.4, 0.5) is 19.3 Å². The van der Waals surface area contributed by atoms with Gasteiger partial charge >= 0.3 is 12.1 Å². The van der Waals surface area contributed by atoms with Gasteiger partial charge in [-0.25, -0.2) is 18.4 Å². The summed E-state index contributed by atoms with van der Waals surface area (Å²) in [4.78, 5) is 52.4. The highest BCUT2D eigenvalue weighted by atomic mass is 32.2. The molecule has 4 N–H and O–H groups in total. The minimum absolute atomic E-state index is 0.0355. The van der Waals surface area contributed by atoms with E-state index in [0.29, 0.717) is 16.0 Å². The molecule has 15 heteroatoms. The number of carbonyl (C=O) groups excluding carboxylic acids is 3. The van der Waals surface area contributed by atoms with Crippen LogP contribution in [-0.2, 0) is 14.3 Å². The lowest BCUT2D eigenvalue weighted by Gasteiger charge is -2.26. The van der Waals surface area contributed by atoms with Gasteiger partial charge in [0, 0.05) is 16.6 Å². The van der Waals surface area contributed by atoms with Gasteiger partial charge in [0.1, 0.15) is 27.3 Å². The third-order valence-electron chi connectivity index (χ3n) is 5.89. The maximum absolute atomic E-state index is 13.7. The molecule has 0 radical (unpaired) electrons. The molecule has 1 aliphatic rings. The van der Waals surface area contributed by atoms with E-state index in [0.717, 1.165) is 40.9 Å². The topological polar surface area (TPSA) is 145 Å². The first kappa shape index (κ1) is 32.6. The van der Waals surface area contributed by atoms with Gasteiger partial charge in [-0.05, 0) is 73.7 Å². The van der Waals surface area contributed by atoms with Crippen LogP contribution in [0.1, 0.15) is 36.0 Å². The molecule has 4 rings (SSSR count). The second kappa shape index (κ2) is 13.1. The molecule has 1 fully saturated rings. The minimum Gasteiger partial charge on any atom is -0.507 e. The van der Waals surface area contributed by atoms with Crippen molar-refractivity contribution in [2.24, 2.45) is 0 Å². The number of aromatic carboxylic acids is 1. The van der Waals surface area contributed by atoms with E-state index in [9.17, 15) is 33.1 Å². The quantitative estimate of drug-likeness (QED) is 0.173. The number of ether oxygens (including phenoxy) is 1. The van der Waals surface area contributed by atoms with E-state index >= 15 is 0 Å². The number of thiocarbonyl (C=S) groups is 1. The lowest BCUT2D eigenvalue weighted by atomic mass is 10.1. The standard InChI is InChI=1S/C29H25F2N3O7S3/c1-29(2,3)41-27(40)33-21(24(36)32-16-5-6-18(26(38)39)22(35)10-16)12-34-25(37)23(44-28(34)42)11-17-8-15(13-43-17)14-4-7-19(30)20(31)9-14/h4-11,13,21,35H,12H2,1-3H3,(H,32,36)(H,33,40)(H,38,39)/t21-/m0/s1. The van der Waals surface area contributed by atoms with Crippen LogP contribution >= 0.6 is 35.3 Å². The highest BCUT2D eigenvalue weighted by Crippen LogP contribution is 2.35. The summed E-state index contributed by atoms with van der Waals surface area (Å²) in [7, 11) is 0. The summed E-state index contributed by atoms with van der Waals surface area (Å²) in [6.45, 7) is 4.51. The average molecular weight is 662 g/mol. The number of carbonyl (C=O) groups is 4. The van der Waals surface area contributed by atoms with E-state index in [2.05, 4.69) is 10.6 Å². The lowest BCUT2D eigenvalue weighted by Crippen LogP contribution is -2.52. The Hall–Kier alpha value is -4.34. The third-order valence-corrected chi connectivity index (χ3v) is 8.15. The van der Waals surface area contributed by atoms with Gasteiger partial charge in [0.25, 0.3) is 5.91 Å². The van der Waals surface area contributed by atoms with Crippen LogP contribution in [0, 0.1) is 11.6 Å². The Labute approximate surface area is 263 Å². The highest BCUT2D eigenvalue weighted by Gasteiger charge is 2.36. The molecule has 2 heterocycles. The summed E-state index contributed by atoms with van der Waals surface area (Å²) in [5.74, 6) is -5.23. The van der Waals surface area contributed by atoms with Crippen LogP contribution in [0.15, 0.2) is 52.7 Å². The van der Waals surface area contributed by atoms with Crippen molar-refractivity contribution in [3.63, 3.8) is 0 Å². The third kappa shape index (κ3) is 7.98. The molecule has 10 nitrogen and oxygen atoms in total. The van der Waals surface area contributed by atoms with Gasteiger partial charge in [-0.1, -0.05) is 30.0 Å². The maximum atomic E-state index is 13.7. The molecule has 1 aromatic heterocycles. The fourth-order valence-corrected chi connectivity index (χ4v) is 6.08. The van der Waals surface area contributed by atoms with Crippen molar-refractivity contribution in [2.45, 2.75) is 32.4 Å². The van der Waals surface area contributed by atoms with Crippen LogP contribution in [0.2, 0.25) is 0 Å². The number of halogens is 2. The SMILES string of the molecule is CC(C)(C)OC(=O)N[C@@H](CN1C(=O)C(=Cc2cc(-c3ccc(F)c(F)c3)cs2)SC1=S)C(=O)Nc1ccc(C(=O)O)c(O)c1. The number of benzene rings is 2. The number of anilines is 1. The first-order valence-electron chi connectivity index (χ1n) is 12.8. The van der Waals surface area contributed by atoms with E-state index in [4.69, 9.17) is 22.1 Å². The molecule has 0 saturated carbocycles. The summed E-state index contributed by atoms with van der Waals surface area (Å²) < 4.78 is 32.4. The fraction of sp³-hybridized carbons (Fsp3) is 0.207. The molecular formula is C29H25F2N3O7S3. The molecule has 1 aliphatic heterocycles. The number of phenols is 1. The number of thioether (sulfide) groups is 1. The van der Waals surface area contributed by atoms with Gasteiger partial charge in [0.2, 0.25) is 5.91 Å². The zero-order valence-corrected chi connectivity index (χ0v) is 25.8. The summed E-state index contributed by atoms with van der Waals surface area (Å²) in [6, 6.07) is 7.25. The molecule has 1 saturated heterocycles. The van der Waals surface area contributed by atoms with Gasteiger partial charge in [-0.15, -0.1) is 11.3 Å². The van der Waals surface area contributed by atoms with Gasteiger partial charge in [-0.3, -0.25) is 14.5 Å². The van der Waals surface area contributed by atoms with E-state index in [1.165, 1.54) is 23.5 Å². The zero-order chi connectivity index (χ0) is 32.3. The predicted molar refractivity (Wildman–Crippen MR) is 166 cm³/mol. The lowest BCUT2D eigenvalue weighted by molar-refractivity contribution is -0.123. The van der Waals surface area contributed by atoms with Gasteiger partial charge in [0.15, 0.2) is 11.6 Å². The van der Waals surface area contributed by atoms with Gasteiger partial charge in [-0.2, -0.15) is 0 Å². The zero-order valence-electron chi connectivity index (χ0n) is 23.3. The molecule has 0 unspecified atom stereocenters. The number of nitrogens with one attached hydrogen (secondary N) is 2. The summed E-state index contributed by atoms with van der Waals surface area (Å²) in [5.41, 5.74) is -0.156. The molecule has 0 spiro atoms. The summed E-state index contributed by atoms with van der Waals surface area (Å²) in [6.07, 6.45) is 0.641. The van der Waals surface area contributed by atoms with Gasteiger partial charge < -0.3 is 25.6 Å². The molecule has 3 aromatic rings. The van der Waals surface area contributed by atoms with Crippen molar-refractivity contribution in [2.75, 3.05) is 11.9 Å². The Morgan fingerprint density at radius 1 is 1.09 bits per heavy atom. The molecule has 230 valence electrons. The second-order valence-electron chi connectivity index (χ2n) is 10.4. The number of hydrogen-bond donors (Lipinski definition) is 4. The number of alkyl carbamates (subject to hydrolysis) is 1. The molecule has 0 aliphatic carbocycles. The number of thiophene rings is 1. The van der Waals surface area contributed by atoms with Crippen LogP contribution in [0.3, 0.4) is 0 Å². The Morgan fingerprint density at radius 3 is 2.45 bits per heavy atom. The van der Waals surface area contributed by atoms with E-state index in [1.54, 1.807) is 38.3 Å². The summed E-state index contributed by atoms with van der Waals surface area (Å²) >= 11 is 7.65. The van der Waals surface area contributed by atoms with E-state index < -0.39 is 52.9 Å². The molecule has 44 heavy (non-hydrogen) atoms. The van der Waals surface area contributed by atoms with Crippen molar-refractivity contribution < 1.29 is 42.9 Å². The molecule has 3 amide bonds. The number of carboxylic acids is 1. The smallest absolute Gasteiger partial charge is 0.408 e. The largest absolute Gasteiger partial charge is 0.507 e. The van der Waals surface area contributed by atoms with Crippen LogP contribution in [0.5, 0.6) is 5.75 Å². The molecule has 0 bridgehead atoms. The minimum atomic E-state index is -1.38. The molecule has 2 aromatic carbocycles. The van der Waals surface area contributed by atoms with E-state index in [1.807, 2.05) is 0 Å². The number of rotatable bonds is 8. The second-order valence-corrected chi connectivity index (χ2v) is 13.0. The van der Waals surface area contributed by atoms with Gasteiger partial charge in [0.05, 0.1) is 11.4 Å². The normalized spacial score (nSPS) is 14.9. The number of amides is 3. The first-order chi connectivity index (χ1) is 20.6. The van der Waals surface area contributed by atoms with Crippen molar-refractivity contribution >= 4 is 75.3 Å². The van der Waals surface area contributed by atoms with Crippen molar-refractivity contribution in [3.8, 4) is 16.9 Å².